The lowest BCUT2D eigenvalue weighted by molar-refractivity contribution is -0.162. The molecule has 3 heterocycles. The average Bonchev–Trinajstić information content (AvgIpc) is 3.60. The van der Waals surface area contributed by atoms with E-state index in [2.05, 4.69) is 34.4 Å². The largest absolute Gasteiger partial charge is 0.455 e. The quantitative estimate of drug-likeness (QED) is 0.118. The van der Waals surface area contributed by atoms with Crippen molar-refractivity contribution in [2.24, 2.45) is 11.8 Å². The van der Waals surface area contributed by atoms with Gasteiger partial charge >= 0.3 is 5.97 Å². The van der Waals surface area contributed by atoms with Crippen molar-refractivity contribution in [3.05, 3.63) is 61.2 Å². The lowest BCUT2D eigenvalue weighted by Gasteiger charge is -2.38. The highest BCUT2D eigenvalue weighted by Gasteiger charge is 2.77. The van der Waals surface area contributed by atoms with Gasteiger partial charge in [0.15, 0.2) is 0 Å². The number of amides is 3. The summed E-state index contributed by atoms with van der Waals surface area (Å²) in [6, 6.07) is 7.51. The second kappa shape index (κ2) is 15.0. The molecule has 1 spiro atoms. The zero-order valence-electron chi connectivity index (χ0n) is 26.4. The Kier molecular flexibility index (Phi) is 11.7. The van der Waals surface area contributed by atoms with Crippen LogP contribution in [0.5, 0.6) is 0 Å². The standard InChI is InChI=1S/C34H46BrN3O7/c1-6-8-16-25(40)36-22(5)28(23-14-10-9-11-15-23)44-33(43)26-27-31(41)38(18-12-13-19-39)30(32(42)37(17-7-2)21(3)4)34(27)20-24(35)29(26)45-34/h6-7,9-11,14-15,21-22,24,26-30,39H,1-2,8,12-13,16-20H2,3-5H3,(H,36,40)/t22-,24?,26-,27+,28-,29-,30-,34+/m1/s1. The lowest BCUT2D eigenvalue weighted by atomic mass is 9.70. The van der Waals surface area contributed by atoms with Gasteiger partial charge in [0, 0.05) is 37.0 Å². The summed E-state index contributed by atoms with van der Waals surface area (Å²) in [5.74, 6) is -3.26. The summed E-state index contributed by atoms with van der Waals surface area (Å²) in [4.78, 5) is 58.3. The lowest BCUT2D eigenvalue weighted by Crippen LogP contribution is -2.58. The van der Waals surface area contributed by atoms with Crippen molar-refractivity contribution in [2.75, 3.05) is 19.7 Å². The Labute approximate surface area is 274 Å². The van der Waals surface area contributed by atoms with Gasteiger partial charge in [0.05, 0.1) is 24.0 Å². The molecule has 0 aliphatic carbocycles. The Hall–Kier alpha value is -3.02. The minimum Gasteiger partial charge on any atom is -0.455 e. The van der Waals surface area contributed by atoms with Crippen LogP contribution in [0.2, 0.25) is 0 Å². The Morgan fingerprint density at radius 3 is 2.53 bits per heavy atom. The van der Waals surface area contributed by atoms with Crippen molar-refractivity contribution in [1.29, 1.82) is 0 Å². The van der Waals surface area contributed by atoms with Gasteiger partial charge in [-0.3, -0.25) is 19.2 Å². The minimum absolute atomic E-state index is 0.0377. The van der Waals surface area contributed by atoms with Crippen LogP contribution in [0.4, 0.5) is 0 Å². The van der Waals surface area contributed by atoms with Gasteiger partial charge in [-0.15, -0.1) is 13.2 Å². The van der Waals surface area contributed by atoms with E-state index in [4.69, 9.17) is 9.47 Å². The zero-order chi connectivity index (χ0) is 32.9. The highest BCUT2D eigenvalue weighted by molar-refractivity contribution is 9.09. The molecule has 246 valence electrons. The Balaban J connectivity index is 1.68. The van der Waals surface area contributed by atoms with Gasteiger partial charge in [-0.05, 0) is 52.0 Å². The SMILES string of the molecule is C=CCCC(=O)N[C@H](C)[C@@H](OC(=O)[C@H]1[C@@H]2O[C@@]3(CC2Br)[C@@H]1C(=O)N(CCCCO)[C@@H]3C(=O)N(CC=C)C(C)C)c1ccccc1. The van der Waals surface area contributed by atoms with Gasteiger partial charge in [-0.25, -0.2) is 0 Å². The number of aliphatic hydroxyl groups excluding tert-OH is 1. The van der Waals surface area contributed by atoms with Gasteiger partial charge in [0.1, 0.15) is 17.7 Å². The first-order valence-electron chi connectivity index (χ1n) is 15.8. The topological polar surface area (TPSA) is 125 Å². The van der Waals surface area contributed by atoms with Crippen LogP contribution in [0.1, 0.15) is 64.5 Å². The number of allylic oxidation sites excluding steroid dienone is 1. The van der Waals surface area contributed by atoms with Crippen LogP contribution in [0.25, 0.3) is 0 Å². The predicted octanol–water partition coefficient (Wildman–Crippen LogP) is 3.69. The molecule has 45 heavy (non-hydrogen) atoms. The Bertz CT molecular complexity index is 1260. The number of alkyl halides is 1. The number of hydrogen-bond donors (Lipinski definition) is 2. The van der Waals surface area contributed by atoms with E-state index in [0.29, 0.717) is 37.8 Å². The minimum atomic E-state index is -1.23. The first-order chi connectivity index (χ1) is 21.5. The monoisotopic (exact) mass is 687 g/mol. The number of likely N-dealkylation sites (tertiary alicyclic amines) is 1. The summed E-state index contributed by atoms with van der Waals surface area (Å²) >= 11 is 3.71. The summed E-state index contributed by atoms with van der Waals surface area (Å²) < 4.78 is 12.8. The third-order valence-electron chi connectivity index (χ3n) is 9.12. The van der Waals surface area contributed by atoms with Crippen molar-refractivity contribution >= 4 is 39.6 Å². The number of unbranched alkanes of at least 4 members (excludes halogenated alkanes) is 1. The Morgan fingerprint density at radius 1 is 1.20 bits per heavy atom. The average molecular weight is 689 g/mol. The molecule has 3 amide bonds. The number of hydrogen-bond acceptors (Lipinski definition) is 7. The highest BCUT2D eigenvalue weighted by atomic mass is 79.9. The molecule has 3 aliphatic heterocycles. The maximum atomic E-state index is 14.3. The van der Waals surface area contributed by atoms with Crippen molar-refractivity contribution < 1.29 is 33.8 Å². The van der Waals surface area contributed by atoms with E-state index in [-0.39, 0.29) is 48.2 Å². The number of halogens is 1. The fraction of sp³-hybridized carbons (Fsp3) is 0.588. The third-order valence-corrected chi connectivity index (χ3v) is 9.97. The van der Waals surface area contributed by atoms with Crippen LogP contribution in [0.3, 0.4) is 0 Å². The number of carbonyl (C=O) groups excluding carboxylic acids is 4. The number of ether oxygens (including phenoxy) is 2. The number of aliphatic hydroxyl groups is 1. The van der Waals surface area contributed by atoms with E-state index in [1.165, 1.54) is 0 Å². The van der Waals surface area contributed by atoms with Crippen molar-refractivity contribution in [3.63, 3.8) is 0 Å². The van der Waals surface area contributed by atoms with Crippen LogP contribution in [-0.2, 0) is 28.7 Å². The van der Waals surface area contributed by atoms with Crippen molar-refractivity contribution in [3.8, 4) is 0 Å². The molecule has 2 N–H and O–H groups in total. The van der Waals surface area contributed by atoms with Gasteiger partial charge in [0.25, 0.3) is 0 Å². The van der Waals surface area contributed by atoms with E-state index in [1.807, 2.05) is 44.2 Å². The predicted molar refractivity (Wildman–Crippen MR) is 173 cm³/mol. The maximum absolute atomic E-state index is 14.3. The van der Waals surface area contributed by atoms with Gasteiger partial charge < -0.3 is 29.7 Å². The van der Waals surface area contributed by atoms with E-state index in [0.717, 1.165) is 0 Å². The van der Waals surface area contributed by atoms with E-state index < -0.39 is 47.7 Å². The molecule has 4 rings (SSSR count). The molecule has 2 bridgehead atoms. The fourth-order valence-electron chi connectivity index (χ4n) is 7.10. The van der Waals surface area contributed by atoms with Crippen molar-refractivity contribution in [1.82, 2.24) is 15.1 Å². The number of rotatable bonds is 16. The molecule has 0 aromatic heterocycles. The zero-order valence-corrected chi connectivity index (χ0v) is 28.0. The second-order valence-corrected chi connectivity index (χ2v) is 13.6. The fourth-order valence-corrected chi connectivity index (χ4v) is 8.05. The summed E-state index contributed by atoms with van der Waals surface area (Å²) in [5.41, 5.74) is -0.526. The summed E-state index contributed by atoms with van der Waals surface area (Å²) in [7, 11) is 0. The van der Waals surface area contributed by atoms with E-state index in [9.17, 15) is 24.3 Å². The van der Waals surface area contributed by atoms with E-state index in [1.54, 1.807) is 28.9 Å². The summed E-state index contributed by atoms with van der Waals surface area (Å²) in [6.07, 6.45) is 3.93. The molecular weight excluding hydrogens is 642 g/mol. The normalized spacial score (nSPS) is 28.0. The molecule has 3 fully saturated rings. The molecule has 3 aliphatic rings. The van der Waals surface area contributed by atoms with Crippen LogP contribution in [-0.4, -0.2) is 93.0 Å². The number of carbonyl (C=O) groups is 4. The van der Waals surface area contributed by atoms with E-state index >= 15 is 0 Å². The number of benzene rings is 1. The molecule has 0 saturated carbocycles. The molecule has 0 radical (unpaired) electrons. The van der Waals surface area contributed by atoms with Gasteiger partial charge in [-0.1, -0.05) is 58.4 Å². The number of esters is 1. The smallest absolute Gasteiger partial charge is 0.313 e. The Morgan fingerprint density at radius 2 is 1.91 bits per heavy atom. The van der Waals surface area contributed by atoms with Crippen LogP contribution in [0, 0.1) is 11.8 Å². The molecule has 3 saturated heterocycles. The molecule has 10 nitrogen and oxygen atoms in total. The number of nitrogens with one attached hydrogen (secondary N) is 1. The van der Waals surface area contributed by atoms with Crippen LogP contribution in [0.15, 0.2) is 55.6 Å². The summed E-state index contributed by atoms with van der Waals surface area (Å²) in [5, 5.41) is 12.4. The third kappa shape index (κ3) is 6.90. The van der Waals surface area contributed by atoms with Crippen LogP contribution >= 0.6 is 15.9 Å². The van der Waals surface area contributed by atoms with Crippen LogP contribution < -0.4 is 5.32 Å². The maximum Gasteiger partial charge on any atom is 0.313 e. The molecule has 11 heteroatoms. The number of fused-ring (bicyclic) bond motifs is 1. The highest BCUT2D eigenvalue weighted by Crippen LogP contribution is 2.60. The first-order valence-corrected chi connectivity index (χ1v) is 16.7. The molecular formula is C34H46BrN3O7. The second-order valence-electron chi connectivity index (χ2n) is 12.5. The molecule has 8 atom stereocenters. The van der Waals surface area contributed by atoms with Gasteiger partial charge in [-0.2, -0.15) is 0 Å². The van der Waals surface area contributed by atoms with Crippen molar-refractivity contribution in [2.45, 2.75) is 93.6 Å². The van der Waals surface area contributed by atoms with Gasteiger partial charge in [0.2, 0.25) is 17.7 Å². The molecule has 1 unspecified atom stereocenters. The number of nitrogens with zero attached hydrogens (tertiary/aromatic N) is 2. The molecule has 1 aromatic rings. The first kappa shape index (κ1) is 34.8. The molecule has 1 aromatic carbocycles. The summed E-state index contributed by atoms with van der Waals surface area (Å²) in [6.45, 7) is 13.6.